The number of ether oxygens (including phenoxy) is 1. The van der Waals surface area contributed by atoms with Gasteiger partial charge in [0.1, 0.15) is 11.1 Å². The second kappa shape index (κ2) is 9.27. The molecule has 1 N–H and O–H groups in total. The van der Waals surface area contributed by atoms with E-state index in [9.17, 15) is 14.9 Å². The van der Waals surface area contributed by atoms with Crippen molar-refractivity contribution in [2.24, 2.45) is 0 Å². The highest BCUT2D eigenvalue weighted by molar-refractivity contribution is 8.00. The van der Waals surface area contributed by atoms with Gasteiger partial charge in [-0.25, -0.2) is 0 Å². The summed E-state index contributed by atoms with van der Waals surface area (Å²) in [5, 5.41) is 13.3. The van der Waals surface area contributed by atoms with E-state index in [1.54, 1.807) is 12.1 Å². The lowest BCUT2D eigenvalue weighted by atomic mass is 9.96. The lowest BCUT2D eigenvalue weighted by Gasteiger charge is -2.09. The predicted molar refractivity (Wildman–Crippen MR) is 107 cm³/mol. The van der Waals surface area contributed by atoms with Crippen LogP contribution < -0.4 is 5.32 Å². The van der Waals surface area contributed by atoms with E-state index in [4.69, 9.17) is 16.3 Å². The summed E-state index contributed by atoms with van der Waals surface area (Å²) in [5.74, 6) is -0.808. The Morgan fingerprint density at radius 1 is 1.26 bits per heavy atom. The minimum Gasteiger partial charge on any atom is -0.455 e. The van der Waals surface area contributed by atoms with Crippen molar-refractivity contribution in [2.45, 2.75) is 30.6 Å². The van der Waals surface area contributed by atoms with Crippen LogP contribution in [0.1, 0.15) is 28.8 Å². The summed E-state index contributed by atoms with van der Waals surface area (Å²) in [5.41, 5.74) is 1.60. The first-order valence-corrected chi connectivity index (χ1v) is 10.6. The monoisotopic (exact) mass is 420 g/mol. The van der Waals surface area contributed by atoms with E-state index in [0.29, 0.717) is 15.6 Å². The summed E-state index contributed by atoms with van der Waals surface area (Å²) >= 11 is 8.57. The van der Waals surface area contributed by atoms with Crippen LogP contribution in [0.4, 0.5) is 5.00 Å². The number of halogens is 1. The molecule has 1 amide bonds. The van der Waals surface area contributed by atoms with Crippen molar-refractivity contribution in [1.82, 2.24) is 0 Å². The number of rotatable bonds is 6. The van der Waals surface area contributed by atoms with E-state index in [1.807, 2.05) is 12.1 Å². The molecule has 0 saturated heterocycles. The molecule has 0 unspecified atom stereocenters. The van der Waals surface area contributed by atoms with Crippen LogP contribution in [0.2, 0.25) is 5.02 Å². The highest BCUT2D eigenvalue weighted by Crippen LogP contribution is 2.37. The zero-order valence-electron chi connectivity index (χ0n) is 14.4. The molecule has 140 valence electrons. The van der Waals surface area contributed by atoms with Crippen molar-refractivity contribution in [3.63, 3.8) is 0 Å². The molecule has 1 heterocycles. The summed E-state index contributed by atoms with van der Waals surface area (Å²) in [6, 6.07) is 9.31. The molecule has 1 aromatic carbocycles. The number of benzene rings is 1. The molecule has 0 bridgehead atoms. The van der Waals surface area contributed by atoms with E-state index in [1.165, 1.54) is 28.0 Å². The maximum atomic E-state index is 12.1. The van der Waals surface area contributed by atoms with Crippen LogP contribution >= 0.6 is 34.7 Å². The molecule has 27 heavy (non-hydrogen) atoms. The first-order chi connectivity index (χ1) is 13.1. The number of hydrogen-bond donors (Lipinski definition) is 1. The number of nitrogens with one attached hydrogen (secondary N) is 1. The highest BCUT2D eigenvalue weighted by Gasteiger charge is 2.22. The molecule has 8 heteroatoms. The maximum absolute atomic E-state index is 12.1. The van der Waals surface area contributed by atoms with Gasteiger partial charge in [-0.3, -0.25) is 9.59 Å². The molecule has 0 atom stereocenters. The second-order valence-electron chi connectivity index (χ2n) is 5.98. The van der Waals surface area contributed by atoms with Crippen LogP contribution in [0.15, 0.2) is 29.2 Å². The van der Waals surface area contributed by atoms with Crippen molar-refractivity contribution < 1.29 is 14.3 Å². The Morgan fingerprint density at radius 2 is 2.00 bits per heavy atom. The van der Waals surface area contributed by atoms with Gasteiger partial charge in [0.15, 0.2) is 6.61 Å². The van der Waals surface area contributed by atoms with Crippen LogP contribution in [-0.2, 0) is 27.2 Å². The standard InChI is InChI=1S/C19H17ClN2O3S2/c20-12-5-7-13(8-6-12)26-11-18(24)25-10-17(23)22-19-15(9-21)14-3-1-2-4-16(14)27-19/h5-8H,1-4,10-11H2,(H,22,23). The molecular weight excluding hydrogens is 404 g/mol. The fourth-order valence-electron chi connectivity index (χ4n) is 2.80. The first-order valence-electron chi connectivity index (χ1n) is 8.45. The number of carbonyl (C=O) groups excluding carboxylic acids is 2. The van der Waals surface area contributed by atoms with E-state index < -0.39 is 11.9 Å². The van der Waals surface area contributed by atoms with Gasteiger partial charge in [0, 0.05) is 14.8 Å². The smallest absolute Gasteiger partial charge is 0.316 e. The Bertz CT molecular complexity index is 888. The van der Waals surface area contributed by atoms with Gasteiger partial charge in [0.25, 0.3) is 5.91 Å². The van der Waals surface area contributed by atoms with Crippen molar-refractivity contribution in [2.75, 3.05) is 17.7 Å². The zero-order chi connectivity index (χ0) is 19.2. The van der Waals surface area contributed by atoms with Crippen molar-refractivity contribution in [3.8, 4) is 6.07 Å². The Morgan fingerprint density at radius 3 is 2.74 bits per heavy atom. The number of aryl methyl sites for hydroxylation is 1. The van der Waals surface area contributed by atoms with Gasteiger partial charge in [-0.1, -0.05) is 11.6 Å². The molecule has 2 aromatic rings. The van der Waals surface area contributed by atoms with E-state index in [-0.39, 0.29) is 12.4 Å². The van der Waals surface area contributed by atoms with Crippen LogP contribution in [0.3, 0.4) is 0 Å². The lowest BCUT2D eigenvalue weighted by Crippen LogP contribution is -2.21. The summed E-state index contributed by atoms with van der Waals surface area (Å²) in [7, 11) is 0. The SMILES string of the molecule is N#Cc1c(NC(=O)COC(=O)CSc2ccc(Cl)cc2)sc2c1CCCC2. The topological polar surface area (TPSA) is 79.2 Å². The average Bonchev–Trinajstić information content (AvgIpc) is 3.02. The molecule has 1 aliphatic rings. The number of fused-ring (bicyclic) bond motifs is 1. The Kier molecular flexibility index (Phi) is 6.78. The molecule has 0 radical (unpaired) electrons. The molecule has 1 aliphatic carbocycles. The van der Waals surface area contributed by atoms with Crippen LogP contribution in [0.5, 0.6) is 0 Å². The minimum atomic E-state index is -0.476. The summed E-state index contributed by atoms with van der Waals surface area (Å²) < 4.78 is 5.02. The van der Waals surface area contributed by atoms with Gasteiger partial charge < -0.3 is 10.1 Å². The van der Waals surface area contributed by atoms with E-state index in [0.717, 1.165) is 36.1 Å². The van der Waals surface area contributed by atoms with Gasteiger partial charge in [-0.15, -0.1) is 23.1 Å². The number of thiophene rings is 1. The van der Waals surface area contributed by atoms with Crippen molar-refractivity contribution in [3.05, 3.63) is 45.3 Å². The molecule has 0 aliphatic heterocycles. The first kappa shape index (κ1) is 19.7. The zero-order valence-corrected chi connectivity index (χ0v) is 16.8. The number of esters is 1. The Balaban J connectivity index is 1.48. The second-order valence-corrected chi connectivity index (χ2v) is 8.57. The number of nitriles is 1. The molecule has 3 rings (SSSR count). The van der Waals surface area contributed by atoms with Gasteiger partial charge in [-0.2, -0.15) is 5.26 Å². The summed E-state index contributed by atoms with van der Waals surface area (Å²) in [6.45, 7) is -0.368. The Labute approximate surface area is 170 Å². The van der Waals surface area contributed by atoms with Crippen molar-refractivity contribution in [1.29, 1.82) is 5.26 Å². The minimum absolute atomic E-state index is 0.103. The van der Waals surface area contributed by atoms with Gasteiger partial charge in [0.05, 0.1) is 11.3 Å². The average molecular weight is 421 g/mol. The number of carbonyl (C=O) groups is 2. The van der Waals surface area contributed by atoms with Crippen LogP contribution in [0.25, 0.3) is 0 Å². The molecule has 1 aromatic heterocycles. The number of nitrogens with zero attached hydrogens (tertiary/aromatic N) is 1. The third-order valence-corrected chi connectivity index (χ3v) is 6.52. The largest absolute Gasteiger partial charge is 0.455 e. The molecule has 5 nitrogen and oxygen atoms in total. The Hall–Kier alpha value is -2.01. The number of anilines is 1. The number of amides is 1. The number of hydrogen-bond acceptors (Lipinski definition) is 6. The van der Waals surface area contributed by atoms with Crippen LogP contribution in [-0.4, -0.2) is 24.2 Å². The highest BCUT2D eigenvalue weighted by atomic mass is 35.5. The third-order valence-electron chi connectivity index (χ3n) is 4.07. The normalized spacial score (nSPS) is 12.7. The number of thioether (sulfide) groups is 1. The fourth-order valence-corrected chi connectivity index (χ4v) is 4.87. The van der Waals surface area contributed by atoms with Gasteiger partial charge in [0.2, 0.25) is 0 Å². The third kappa shape index (κ3) is 5.25. The van der Waals surface area contributed by atoms with Gasteiger partial charge >= 0.3 is 5.97 Å². The van der Waals surface area contributed by atoms with E-state index >= 15 is 0 Å². The van der Waals surface area contributed by atoms with Gasteiger partial charge in [-0.05, 0) is 55.5 Å². The fraction of sp³-hybridized carbons (Fsp3) is 0.316. The molecular formula is C19H17ClN2O3S2. The summed E-state index contributed by atoms with van der Waals surface area (Å²) in [6.07, 6.45) is 3.99. The predicted octanol–water partition coefficient (Wildman–Crippen LogP) is 4.43. The van der Waals surface area contributed by atoms with E-state index in [2.05, 4.69) is 11.4 Å². The molecule has 0 spiro atoms. The quantitative estimate of drug-likeness (QED) is 0.552. The molecule has 0 saturated carbocycles. The lowest BCUT2D eigenvalue weighted by molar-refractivity contribution is -0.144. The summed E-state index contributed by atoms with van der Waals surface area (Å²) in [4.78, 5) is 26.0. The van der Waals surface area contributed by atoms with Crippen LogP contribution in [0, 0.1) is 11.3 Å². The molecule has 0 fully saturated rings. The van der Waals surface area contributed by atoms with Crippen molar-refractivity contribution >= 4 is 51.6 Å². The maximum Gasteiger partial charge on any atom is 0.316 e.